The van der Waals surface area contributed by atoms with Crippen molar-refractivity contribution in [3.63, 3.8) is 0 Å². The SMILES string of the molecule is C=C(C)C[C@@H](N)c1cc([N+](=O)[O-])ccc1Cl. The van der Waals surface area contributed by atoms with Crippen molar-refractivity contribution in [1.29, 1.82) is 0 Å². The first kappa shape index (κ1) is 12.7. The Morgan fingerprint density at radius 3 is 2.81 bits per heavy atom. The Kier molecular flexibility index (Phi) is 4.04. The van der Waals surface area contributed by atoms with Crippen LogP contribution < -0.4 is 5.73 Å². The Hall–Kier alpha value is -1.39. The minimum absolute atomic E-state index is 0.00318. The Morgan fingerprint density at radius 1 is 1.69 bits per heavy atom. The Morgan fingerprint density at radius 2 is 2.31 bits per heavy atom. The molecule has 0 fully saturated rings. The van der Waals surface area contributed by atoms with E-state index in [4.69, 9.17) is 17.3 Å². The van der Waals surface area contributed by atoms with Gasteiger partial charge in [0.1, 0.15) is 0 Å². The summed E-state index contributed by atoms with van der Waals surface area (Å²) in [7, 11) is 0. The fraction of sp³-hybridized carbons (Fsp3) is 0.273. The van der Waals surface area contributed by atoms with E-state index in [9.17, 15) is 10.1 Å². The van der Waals surface area contributed by atoms with Crippen LogP contribution in [0.5, 0.6) is 0 Å². The van der Waals surface area contributed by atoms with Crippen LogP contribution in [0, 0.1) is 10.1 Å². The number of hydrogen-bond donors (Lipinski definition) is 1. The number of halogens is 1. The fourth-order valence-corrected chi connectivity index (χ4v) is 1.67. The third-order valence-electron chi connectivity index (χ3n) is 2.16. The van der Waals surface area contributed by atoms with Crippen LogP contribution in [-0.4, -0.2) is 4.92 Å². The molecule has 2 N–H and O–H groups in total. The summed E-state index contributed by atoms with van der Waals surface area (Å²) in [6.07, 6.45) is 0.556. The van der Waals surface area contributed by atoms with Crippen LogP contribution in [0.2, 0.25) is 5.02 Å². The van der Waals surface area contributed by atoms with E-state index in [0.29, 0.717) is 17.0 Å². The number of nitrogens with two attached hydrogens (primary N) is 1. The Bertz CT molecular complexity index is 432. The molecule has 1 aromatic carbocycles. The van der Waals surface area contributed by atoms with Crippen molar-refractivity contribution in [2.24, 2.45) is 5.73 Å². The standard InChI is InChI=1S/C11H13ClN2O2/c1-7(2)5-11(13)9-6-8(14(15)16)3-4-10(9)12/h3-4,6,11H,1,5,13H2,2H3/t11-/m1/s1. The van der Waals surface area contributed by atoms with Crippen molar-refractivity contribution in [3.8, 4) is 0 Å². The molecule has 4 nitrogen and oxygen atoms in total. The highest BCUT2D eigenvalue weighted by atomic mass is 35.5. The monoisotopic (exact) mass is 240 g/mol. The summed E-state index contributed by atoms with van der Waals surface area (Å²) >= 11 is 5.95. The van der Waals surface area contributed by atoms with Gasteiger partial charge in [0.05, 0.1) is 4.92 Å². The summed E-state index contributed by atoms with van der Waals surface area (Å²) < 4.78 is 0. The van der Waals surface area contributed by atoms with E-state index < -0.39 is 4.92 Å². The molecule has 1 atom stereocenters. The predicted octanol–water partition coefficient (Wildman–Crippen LogP) is 3.21. The smallest absolute Gasteiger partial charge is 0.269 e. The first-order valence-electron chi connectivity index (χ1n) is 4.75. The maximum atomic E-state index is 10.6. The van der Waals surface area contributed by atoms with E-state index in [2.05, 4.69) is 6.58 Å². The molecular weight excluding hydrogens is 228 g/mol. The highest BCUT2D eigenvalue weighted by molar-refractivity contribution is 6.31. The lowest BCUT2D eigenvalue weighted by Crippen LogP contribution is -2.11. The third kappa shape index (κ3) is 3.05. The molecular formula is C11H13ClN2O2. The van der Waals surface area contributed by atoms with Crippen molar-refractivity contribution in [3.05, 3.63) is 51.1 Å². The molecule has 0 aliphatic heterocycles. The van der Waals surface area contributed by atoms with Crippen molar-refractivity contribution in [2.45, 2.75) is 19.4 Å². The van der Waals surface area contributed by atoms with Crippen molar-refractivity contribution in [2.75, 3.05) is 0 Å². The van der Waals surface area contributed by atoms with Gasteiger partial charge < -0.3 is 5.73 Å². The van der Waals surface area contributed by atoms with Crippen LogP contribution in [0.15, 0.2) is 30.4 Å². The zero-order valence-electron chi connectivity index (χ0n) is 8.94. The van der Waals surface area contributed by atoms with Gasteiger partial charge in [-0.25, -0.2) is 0 Å². The highest BCUT2D eigenvalue weighted by Crippen LogP contribution is 2.28. The second-order valence-corrected chi connectivity index (χ2v) is 4.14. The number of nitro benzene ring substituents is 1. The molecule has 86 valence electrons. The third-order valence-corrected chi connectivity index (χ3v) is 2.50. The molecule has 0 bridgehead atoms. The van der Waals surface area contributed by atoms with Crippen molar-refractivity contribution in [1.82, 2.24) is 0 Å². The van der Waals surface area contributed by atoms with E-state index in [1.165, 1.54) is 18.2 Å². The molecule has 0 aromatic heterocycles. The molecule has 0 spiro atoms. The minimum atomic E-state index is -0.465. The summed E-state index contributed by atoms with van der Waals surface area (Å²) in [4.78, 5) is 10.1. The molecule has 0 aliphatic carbocycles. The lowest BCUT2D eigenvalue weighted by molar-refractivity contribution is -0.384. The lowest BCUT2D eigenvalue weighted by Gasteiger charge is -2.13. The second kappa shape index (κ2) is 5.09. The molecule has 0 heterocycles. The summed E-state index contributed by atoms with van der Waals surface area (Å²) in [5.74, 6) is 0. The van der Waals surface area contributed by atoms with Crippen LogP contribution in [0.25, 0.3) is 0 Å². The highest BCUT2D eigenvalue weighted by Gasteiger charge is 2.15. The van der Waals surface area contributed by atoms with Crippen molar-refractivity contribution < 1.29 is 4.92 Å². The molecule has 1 rings (SSSR count). The zero-order chi connectivity index (χ0) is 12.3. The quantitative estimate of drug-likeness (QED) is 0.499. The van der Waals surface area contributed by atoms with Crippen molar-refractivity contribution >= 4 is 17.3 Å². The maximum Gasteiger partial charge on any atom is 0.269 e. The Balaban J connectivity index is 3.06. The average Bonchev–Trinajstić information content (AvgIpc) is 2.16. The van der Waals surface area contributed by atoms with Crippen LogP contribution in [0.4, 0.5) is 5.69 Å². The van der Waals surface area contributed by atoms with Gasteiger partial charge in [0, 0.05) is 23.2 Å². The molecule has 0 saturated heterocycles. The Labute approximate surface area is 98.9 Å². The van der Waals surface area contributed by atoms with E-state index in [-0.39, 0.29) is 11.7 Å². The maximum absolute atomic E-state index is 10.6. The van der Waals surface area contributed by atoms with Gasteiger partial charge in [0.2, 0.25) is 0 Å². The van der Waals surface area contributed by atoms with Gasteiger partial charge in [-0.2, -0.15) is 0 Å². The molecule has 5 heteroatoms. The molecule has 0 aliphatic rings. The lowest BCUT2D eigenvalue weighted by atomic mass is 10.0. The van der Waals surface area contributed by atoms with Gasteiger partial charge in [-0.1, -0.05) is 17.2 Å². The van der Waals surface area contributed by atoms with Gasteiger partial charge in [0.25, 0.3) is 5.69 Å². The number of nitrogens with zero attached hydrogens (tertiary/aromatic N) is 1. The van der Waals surface area contributed by atoms with Crippen LogP contribution in [0.1, 0.15) is 24.9 Å². The minimum Gasteiger partial charge on any atom is -0.324 e. The molecule has 0 radical (unpaired) electrons. The fourth-order valence-electron chi connectivity index (χ4n) is 1.41. The van der Waals surface area contributed by atoms with Gasteiger partial charge in [-0.3, -0.25) is 10.1 Å². The van der Waals surface area contributed by atoms with Crippen LogP contribution >= 0.6 is 11.6 Å². The van der Waals surface area contributed by atoms with E-state index in [1.54, 1.807) is 0 Å². The normalized spacial score (nSPS) is 12.2. The largest absolute Gasteiger partial charge is 0.324 e. The molecule has 16 heavy (non-hydrogen) atoms. The predicted molar refractivity (Wildman–Crippen MR) is 64.5 cm³/mol. The van der Waals surface area contributed by atoms with Gasteiger partial charge >= 0.3 is 0 Å². The summed E-state index contributed by atoms with van der Waals surface area (Å²) in [6.45, 7) is 5.60. The first-order valence-corrected chi connectivity index (χ1v) is 5.13. The number of benzene rings is 1. The number of rotatable bonds is 4. The average molecular weight is 241 g/mol. The zero-order valence-corrected chi connectivity index (χ0v) is 9.70. The van der Waals surface area contributed by atoms with Gasteiger partial charge in [-0.15, -0.1) is 6.58 Å². The van der Waals surface area contributed by atoms with Gasteiger partial charge in [0.15, 0.2) is 0 Å². The molecule has 0 amide bonds. The van der Waals surface area contributed by atoms with E-state index >= 15 is 0 Å². The van der Waals surface area contributed by atoms with E-state index in [1.807, 2.05) is 6.92 Å². The topological polar surface area (TPSA) is 69.2 Å². The number of non-ortho nitro benzene ring substituents is 1. The van der Waals surface area contributed by atoms with Crippen LogP contribution in [-0.2, 0) is 0 Å². The van der Waals surface area contributed by atoms with E-state index in [0.717, 1.165) is 5.57 Å². The van der Waals surface area contributed by atoms with Gasteiger partial charge in [-0.05, 0) is 25.0 Å². The van der Waals surface area contributed by atoms with Crippen LogP contribution in [0.3, 0.4) is 0 Å². The summed E-state index contributed by atoms with van der Waals surface area (Å²) in [6, 6.07) is 3.91. The molecule has 0 saturated carbocycles. The summed E-state index contributed by atoms with van der Waals surface area (Å²) in [5.41, 5.74) is 7.39. The first-order chi connectivity index (χ1) is 7.41. The summed E-state index contributed by atoms with van der Waals surface area (Å²) in [5, 5.41) is 11.1. The molecule has 1 aromatic rings. The molecule has 0 unspecified atom stereocenters. The number of hydrogen-bond acceptors (Lipinski definition) is 3. The number of nitro groups is 1. The second-order valence-electron chi connectivity index (χ2n) is 3.73.